The van der Waals surface area contributed by atoms with Gasteiger partial charge in [0.05, 0.1) is 30.4 Å². The van der Waals surface area contributed by atoms with E-state index in [1.807, 2.05) is 0 Å². The number of aliphatic imine (C=N–C) groups is 1. The maximum Gasteiger partial charge on any atom is 0.334 e. The van der Waals surface area contributed by atoms with Gasteiger partial charge in [0.25, 0.3) is 5.91 Å². The van der Waals surface area contributed by atoms with Crippen LogP contribution in [0.25, 0.3) is 0 Å². The Morgan fingerprint density at radius 3 is 3.00 bits per heavy atom. The van der Waals surface area contributed by atoms with Crippen LogP contribution in [0.3, 0.4) is 0 Å². The zero-order chi connectivity index (χ0) is 16.1. The number of aliphatic carboxylic acids is 1. The first-order valence-corrected chi connectivity index (χ1v) is 7.40. The van der Waals surface area contributed by atoms with Gasteiger partial charge in [-0.2, -0.15) is 0 Å². The van der Waals surface area contributed by atoms with Crippen molar-refractivity contribution < 1.29 is 19.4 Å². The van der Waals surface area contributed by atoms with E-state index in [2.05, 4.69) is 4.99 Å². The summed E-state index contributed by atoms with van der Waals surface area (Å²) < 4.78 is 5.22. The molecule has 0 radical (unpaired) electrons. The maximum absolute atomic E-state index is 12.9. The van der Waals surface area contributed by atoms with Gasteiger partial charge in [-0.05, 0) is 31.0 Å². The molecule has 7 heteroatoms. The van der Waals surface area contributed by atoms with Gasteiger partial charge >= 0.3 is 5.97 Å². The van der Waals surface area contributed by atoms with Crippen molar-refractivity contribution in [3.63, 3.8) is 0 Å². The second kappa shape index (κ2) is 4.84. The molecule has 1 N–H and O–H groups in total. The Balaban J connectivity index is 1.95. The van der Waals surface area contributed by atoms with Crippen molar-refractivity contribution in [2.24, 2.45) is 4.99 Å². The van der Waals surface area contributed by atoms with Crippen LogP contribution < -0.4 is 9.64 Å². The van der Waals surface area contributed by atoms with Crippen LogP contribution in [0.1, 0.15) is 23.2 Å². The van der Waals surface area contributed by atoms with Gasteiger partial charge in [-0.15, -0.1) is 0 Å². The third kappa shape index (κ3) is 1.86. The van der Waals surface area contributed by atoms with E-state index in [0.717, 1.165) is 12.1 Å². The van der Waals surface area contributed by atoms with E-state index in [4.69, 9.17) is 4.74 Å². The lowest BCUT2D eigenvalue weighted by Crippen LogP contribution is -2.30. The third-order valence-electron chi connectivity index (χ3n) is 4.44. The number of ether oxygens (including phenoxy) is 1. The first-order chi connectivity index (χ1) is 11.1. The van der Waals surface area contributed by atoms with E-state index in [1.54, 1.807) is 35.1 Å². The average molecular weight is 313 g/mol. The number of fused-ring (bicyclic) bond motifs is 4. The molecule has 0 bridgehead atoms. The lowest BCUT2D eigenvalue weighted by Gasteiger charge is -2.21. The number of anilines is 1. The van der Waals surface area contributed by atoms with E-state index in [-0.39, 0.29) is 5.91 Å². The fourth-order valence-corrected chi connectivity index (χ4v) is 3.40. The molecule has 0 spiro atoms. The quantitative estimate of drug-likeness (QED) is 0.894. The Morgan fingerprint density at radius 1 is 1.43 bits per heavy atom. The minimum Gasteiger partial charge on any atom is -0.497 e. The van der Waals surface area contributed by atoms with Gasteiger partial charge in [0.1, 0.15) is 5.75 Å². The van der Waals surface area contributed by atoms with E-state index in [9.17, 15) is 14.7 Å². The van der Waals surface area contributed by atoms with Gasteiger partial charge in [0.2, 0.25) is 0 Å². The number of methoxy groups -OCH3 is 1. The topological polar surface area (TPSA) is 82.4 Å². The molecule has 7 nitrogen and oxygen atoms in total. The second-order valence-corrected chi connectivity index (χ2v) is 5.65. The van der Waals surface area contributed by atoms with Crippen LogP contribution in [-0.4, -0.2) is 47.9 Å². The molecule has 1 amide bonds. The number of nitrogens with zero attached hydrogens (tertiary/aromatic N) is 3. The standard InChI is InChI=1S/C16H15N3O4/c1-23-9-4-5-11-10(7-9)15(20)18-6-2-3-12(18)14-13(16(21)22)17-8-19(11)14/h4-5,7-8,13H,2-3,6H2,1H3,(H,21,22). The first-order valence-electron chi connectivity index (χ1n) is 7.40. The lowest BCUT2D eigenvalue weighted by molar-refractivity contribution is -0.137. The van der Waals surface area contributed by atoms with Crippen molar-refractivity contribution in [1.29, 1.82) is 0 Å². The third-order valence-corrected chi connectivity index (χ3v) is 4.44. The number of benzene rings is 1. The summed E-state index contributed by atoms with van der Waals surface area (Å²) in [7, 11) is 1.55. The summed E-state index contributed by atoms with van der Waals surface area (Å²) in [4.78, 5) is 32.0. The largest absolute Gasteiger partial charge is 0.497 e. The van der Waals surface area contributed by atoms with Crippen LogP contribution in [0.2, 0.25) is 0 Å². The van der Waals surface area contributed by atoms with Crippen LogP contribution in [0.4, 0.5) is 5.69 Å². The van der Waals surface area contributed by atoms with Gasteiger partial charge < -0.3 is 14.7 Å². The van der Waals surface area contributed by atoms with Crippen molar-refractivity contribution in [3.8, 4) is 5.75 Å². The Labute approximate surface area is 132 Å². The predicted molar refractivity (Wildman–Crippen MR) is 82.7 cm³/mol. The lowest BCUT2D eigenvalue weighted by atomic mass is 10.1. The Morgan fingerprint density at radius 2 is 2.26 bits per heavy atom. The van der Waals surface area contributed by atoms with Crippen molar-refractivity contribution >= 4 is 23.9 Å². The minimum atomic E-state index is -1.01. The molecule has 4 rings (SSSR count). The van der Waals surface area contributed by atoms with Crippen LogP contribution in [-0.2, 0) is 4.79 Å². The van der Waals surface area contributed by atoms with Crippen molar-refractivity contribution in [2.45, 2.75) is 18.9 Å². The van der Waals surface area contributed by atoms with E-state index in [0.29, 0.717) is 35.7 Å². The highest BCUT2D eigenvalue weighted by molar-refractivity contribution is 6.08. The molecule has 0 aromatic heterocycles. The molecule has 3 aliphatic heterocycles. The first kappa shape index (κ1) is 13.8. The summed E-state index contributed by atoms with van der Waals surface area (Å²) in [5, 5.41) is 9.46. The fraction of sp³-hybridized carbons (Fsp3) is 0.312. The molecule has 1 fully saturated rings. The molecular weight excluding hydrogens is 298 g/mol. The zero-order valence-electron chi connectivity index (χ0n) is 12.5. The van der Waals surface area contributed by atoms with Gasteiger partial charge in [0, 0.05) is 12.2 Å². The van der Waals surface area contributed by atoms with Crippen molar-refractivity contribution in [1.82, 2.24) is 4.90 Å². The molecule has 0 aliphatic carbocycles. The van der Waals surface area contributed by atoms with E-state index < -0.39 is 12.0 Å². The number of carbonyl (C=O) groups is 2. The number of rotatable bonds is 2. The zero-order valence-corrected chi connectivity index (χ0v) is 12.5. The Bertz CT molecular complexity index is 784. The highest BCUT2D eigenvalue weighted by Gasteiger charge is 2.42. The summed E-state index contributed by atoms with van der Waals surface area (Å²) in [6.45, 7) is 0.592. The molecule has 1 aromatic carbocycles. The summed E-state index contributed by atoms with van der Waals surface area (Å²) >= 11 is 0. The fourth-order valence-electron chi connectivity index (χ4n) is 3.40. The molecule has 1 atom stereocenters. The van der Waals surface area contributed by atoms with Gasteiger partial charge in [0.15, 0.2) is 6.04 Å². The van der Waals surface area contributed by atoms with Gasteiger partial charge in [-0.25, -0.2) is 4.79 Å². The number of carbonyl (C=O) groups excluding carboxylic acids is 1. The summed E-state index contributed by atoms with van der Waals surface area (Å²) in [6, 6.07) is 4.25. The average Bonchev–Trinajstić information content (AvgIpc) is 3.17. The molecular formula is C16H15N3O4. The van der Waals surface area contributed by atoms with Crippen LogP contribution >= 0.6 is 0 Å². The number of carboxylic acid groups (broad SMARTS) is 1. The molecule has 3 aliphatic rings. The van der Waals surface area contributed by atoms with Gasteiger partial charge in [-0.3, -0.25) is 14.7 Å². The van der Waals surface area contributed by atoms with Crippen LogP contribution in [0, 0.1) is 0 Å². The molecule has 0 saturated carbocycles. The van der Waals surface area contributed by atoms with Crippen molar-refractivity contribution in [2.75, 3.05) is 18.6 Å². The Kier molecular flexibility index (Phi) is 2.90. The second-order valence-electron chi connectivity index (χ2n) is 5.65. The number of hydrogen-bond acceptors (Lipinski definition) is 5. The minimum absolute atomic E-state index is 0.120. The number of amides is 1. The summed E-state index contributed by atoms with van der Waals surface area (Å²) in [5.41, 5.74) is 2.47. The maximum atomic E-state index is 12.9. The molecule has 3 heterocycles. The summed E-state index contributed by atoms with van der Waals surface area (Å²) in [5.74, 6) is -0.541. The monoisotopic (exact) mass is 313 g/mol. The van der Waals surface area contributed by atoms with E-state index in [1.165, 1.54) is 6.34 Å². The number of hydrogen-bond donors (Lipinski definition) is 1. The number of carboxylic acids is 1. The normalized spacial score (nSPS) is 22.0. The smallest absolute Gasteiger partial charge is 0.334 e. The molecule has 23 heavy (non-hydrogen) atoms. The van der Waals surface area contributed by atoms with Crippen molar-refractivity contribution in [3.05, 3.63) is 35.2 Å². The van der Waals surface area contributed by atoms with Gasteiger partial charge in [-0.1, -0.05) is 0 Å². The highest BCUT2D eigenvalue weighted by Crippen LogP contribution is 2.40. The SMILES string of the molecule is COc1ccc2c(c1)C(=O)N1CCCC1=C1C(C(=O)O)N=CN12. The molecule has 1 saturated heterocycles. The number of allylic oxidation sites excluding steroid dienone is 1. The predicted octanol–water partition coefficient (Wildman–Crippen LogP) is 1.46. The summed E-state index contributed by atoms with van der Waals surface area (Å²) in [6.07, 6.45) is 3.00. The van der Waals surface area contributed by atoms with Crippen LogP contribution in [0.15, 0.2) is 34.6 Å². The molecule has 118 valence electrons. The molecule has 1 aromatic rings. The van der Waals surface area contributed by atoms with Crippen LogP contribution in [0.5, 0.6) is 5.75 Å². The van der Waals surface area contributed by atoms with E-state index >= 15 is 0 Å². The molecule has 1 unspecified atom stereocenters. The Hall–Kier alpha value is -2.83. The highest BCUT2D eigenvalue weighted by atomic mass is 16.5.